The first-order chi connectivity index (χ1) is 16.2. The SMILES string of the molecule is CC(C)Oc1ccc2c(c1)c(-c1ccnc(N3CCN[C@@H](C)C3)c1)nn2COCC[Si](C)(C)C. The Bertz CT molecular complexity index is 1110. The Morgan fingerprint density at radius 3 is 2.74 bits per heavy atom. The van der Waals surface area contributed by atoms with E-state index in [2.05, 4.69) is 60.0 Å². The molecule has 1 atom stereocenters. The molecule has 0 spiro atoms. The van der Waals surface area contributed by atoms with Crippen molar-refractivity contribution in [3.63, 3.8) is 0 Å². The minimum Gasteiger partial charge on any atom is -0.491 e. The zero-order chi connectivity index (χ0) is 24.3. The molecule has 1 fully saturated rings. The quantitative estimate of drug-likeness (QED) is 0.343. The maximum Gasteiger partial charge on any atom is 0.140 e. The Morgan fingerprint density at radius 2 is 2.00 bits per heavy atom. The molecule has 184 valence electrons. The molecule has 0 amide bonds. The molecule has 3 aromatic rings. The maximum atomic E-state index is 6.05. The summed E-state index contributed by atoms with van der Waals surface area (Å²) < 4.78 is 14.0. The highest BCUT2D eigenvalue weighted by atomic mass is 28.3. The summed E-state index contributed by atoms with van der Waals surface area (Å²) in [5.41, 5.74) is 3.04. The molecule has 4 rings (SSSR count). The van der Waals surface area contributed by atoms with Gasteiger partial charge in [0.25, 0.3) is 0 Å². The van der Waals surface area contributed by atoms with Crippen molar-refractivity contribution in [1.29, 1.82) is 0 Å². The van der Waals surface area contributed by atoms with Crippen molar-refractivity contribution in [3.05, 3.63) is 36.5 Å². The van der Waals surface area contributed by atoms with Gasteiger partial charge in [0, 0.05) is 57.5 Å². The van der Waals surface area contributed by atoms with Gasteiger partial charge in [-0.05, 0) is 57.1 Å². The molecule has 0 radical (unpaired) electrons. The predicted octanol–water partition coefficient (Wildman–Crippen LogP) is 5.00. The lowest BCUT2D eigenvalue weighted by molar-refractivity contribution is 0.0818. The predicted molar refractivity (Wildman–Crippen MR) is 143 cm³/mol. The van der Waals surface area contributed by atoms with Crippen LogP contribution in [0.2, 0.25) is 25.7 Å². The van der Waals surface area contributed by atoms with E-state index in [1.165, 1.54) is 0 Å². The first kappa shape index (κ1) is 24.7. The van der Waals surface area contributed by atoms with Gasteiger partial charge in [-0.25, -0.2) is 9.67 Å². The lowest BCUT2D eigenvalue weighted by atomic mass is 10.1. The van der Waals surface area contributed by atoms with Gasteiger partial charge in [-0.1, -0.05) is 19.6 Å². The van der Waals surface area contributed by atoms with Crippen molar-refractivity contribution in [1.82, 2.24) is 20.1 Å². The Labute approximate surface area is 204 Å². The zero-order valence-electron chi connectivity index (χ0n) is 21.5. The fraction of sp³-hybridized carbons (Fsp3) is 0.538. The monoisotopic (exact) mass is 481 g/mol. The molecule has 0 aliphatic carbocycles. The number of pyridine rings is 1. The molecule has 2 aromatic heterocycles. The van der Waals surface area contributed by atoms with Crippen LogP contribution in [0.25, 0.3) is 22.2 Å². The Balaban J connectivity index is 1.67. The van der Waals surface area contributed by atoms with Gasteiger partial charge < -0.3 is 19.7 Å². The number of benzene rings is 1. The number of ether oxygens (including phenoxy) is 2. The average Bonchev–Trinajstić information content (AvgIpc) is 3.14. The van der Waals surface area contributed by atoms with Crippen LogP contribution in [0.15, 0.2) is 36.5 Å². The molecular weight excluding hydrogens is 442 g/mol. The molecule has 7 nitrogen and oxygen atoms in total. The topological polar surface area (TPSA) is 64.4 Å². The summed E-state index contributed by atoms with van der Waals surface area (Å²) in [4.78, 5) is 7.01. The number of fused-ring (bicyclic) bond motifs is 1. The molecule has 8 heteroatoms. The summed E-state index contributed by atoms with van der Waals surface area (Å²) in [5.74, 6) is 1.85. The van der Waals surface area contributed by atoms with Crippen LogP contribution in [-0.2, 0) is 11.5 Å². The van der Waals surface area contributed by atoms with Crippen molar-refractivity contribution < 1.29 is 9.47 Å². The van der Waals surface area contributed by atoms with Gasteiger partial charge in [0.05, 0.1) is 11.6 Å². The number of anilines is 1. The van der Waals surface area contributed by atoms with E-state index >= 15 is 0 Å². The smallest absolute Gasteiger partial charge is 0.140 e. The van der Waals surface area contributed by atoms with Crippen LogP contribution >= 0.6 is 0 Å². The second-order valence-corrected chi connectivity index (χ2v) is 16.4. The second kappa shape index (κ2) is 10.5. The van der Waals surface area contributed by atoms with Crippen LogP contribution in [-0.4, -0.2) is 61.2 Å². The third-order valence-electron chi connectivity index (χ3n) is 6.02. The molecule has 1 aliphatic heterocycles. The highest BCUT2D eigenvalue weighted by Gasteiger charge is 2.20. The van der Waals surface area contributed by atoms with Crippen molar-refractivity contribution in [2.24, 2.45) is 0 Å². The number of hydrogen-bond acceptors (Lipinski definition) is 6. The van der Waals surface area contributed by atoms with Gasteiger partial charge >= 0.3 is 0 Å². The van der Waals surface area contributed by atoms with Crippen molar-refractivity contribution in [3.8, 4) is 17.0 Å². The summed E-state index contributed by atoms with van der Waals surface area (Å²) in [6.45, 7) is 17.5. The van der Waals surface area contributed by atoms with E-state index in [4.69, 9.17) is 14.6 Å². The molecule has 0 bridgehead atoms. The van der Waals surface area contributed by atoms with Gasteiger partial charge in [0.15, 0.2) is 0 Å². The van der Waals surface area contributed by atoms with Gasteiger partial charge in [0.2, 0.25) is 0 Å². The number of piperazine rings is 1. The number of nitrogens with zero attached hydrogens (tertiary/aromatic N) is 4. The summed E-state index contributed by atoms with van der Waals surface area (Å²) in [6, 6.07) is 12.0. The van der Waals surface area contributed by atoms with Crippen LogP contribution in [0.5, 0.6) is 5.75 Å². The lowest BCUT2D eigenvalue weighted by Gasteiger charge is -2.32. The lowest BCUT2D eigenvalue weighted by Crippen LogP contribution is -2.49. The molecule has 1 aromatic carbocycles. The molecular formula is C26H39N5O2Si. The normalized spacial score (nSPS) is 17.0. The number of rotatable bonds is 9. The van der Waals surface area contributed by atoms with Gasteiger partial charge in [-0.2, -0.15) is 5.10 Å². The Morgan fingerprint density at radius 1 is 1.18 bits per heavy atom. The average molecular weight is 482 g/mol. The van der Waals surface area contributed by atoms with Crippen LogP contribution < -0.4 is 15.0 Å². The first-order valence-electron chi connectivity index (χ1n) is 12.4. The molecule has 1 aliphatic rings. The van der Waals surface area contributed by atoms with Gasteiger partial charge in [-0.15, -0.1) is 0 Å². The second-order valence-electron chi connectivity index (χ2n) is 10.7. The Kier molecular flexibility index (Phi) is 7.59. The molecule has 0 saturated carbocycles. The third-order valence-corrected chi connectivity index (χ3v) is 7.72. The molecule has 1 N–H and O–H groups in total. The van der Waals surface area contributed by atoms with E-state index in [0.29, 0.717) is 12.8 Å². The minimum atomic E-state index is -1.13. The highest BCUT2D eigenvalue weighted by Crippen LogP contribution is 2.32. The van der Waals surface area contributed by atoms with E-state index in [1.807, 2.05) is 36.9 Å². The minimum absolute atomic E-state index is 0.114. The van der Waals surface area contributed by atoms with Crippen LogP contribution in [0.1, 0.15) is 20.8 Å². The standard InChI is InChI=1S/C26H39N5O2Si/c1-19(2)33-22-7-8-24-23(16-22)26(29-31(24)18-32-13-14-34(4,5)6)21-9-10-28-25(15-21)30-12-11-27-20(3)17-30/h7-10,15-16,19-20,27H,11-14,17-18H2,1-6H3/t20-/m0/s1. The third kappa shape index (κ3) is 6.17. The fourth-order valence-corrected chi connectivity index (χ4v) is 4.98. The number of nitrogens with one attached hydrogen (secondary N) is 1. The van der Waals surface area contributed by atoms with Crippen LogP contribution in [0.4, 0.5) is 5.82 Å². The summed E-state index contributed by atoms with van der Waals surface area (Å²) in [7, 11) is -1.13. The van der Waals surface area contributed by atoms with Crippen molar-refractivity contribution in [2.45, 2.75) is 65.3 Å². The van der Waals surface area contributed by atoms with E-state index in [1.54, 1.807) is 0 Å². The largest absolute Gasteiger partial charge is 0.491 e. The number of aromatic nitrogens is 3. The van der Waals surface area contributed by atoms with Crippen LogP contribution in [0, 0.1) is 0 Å². The molecule has 0 unspecified atom stereocenters. The summed E-state index contributed by atoms with van der Waals surface area (Å²) in [6.07, 6.45) is 2.00. The van der Waals surface area contributed by atoms with E-state index < -0.39 is 8.07 Å². The van der Waals surface area contributed by atoms with Gasteiger partial charge in [0.1, 0.15) is 24.0 Å². The fourth-order valence-electron chi connectivity index (χ4n) is 4.22. The summed E-state index contributed by atoms with van der Waals surface area (Å²) in [5, 5.41) is 9.57. The van der Waals surface area contributed by atoms with Crippen molar-refractivity contribution >= 4 is 24.8 Å². The molecule has 1 saturated heterocycles. The molecule has 3 heterocycles. The Hall–Kier alpha value is -2.42. The van der Waals surface area contributed by atoms with Crippen LogP contribution in [0.3, 0.4) is 0 Å². The van der Waals surface area contributed by atoms with E-state index in [-0.39, 0.29) is 6.10 Å². The van der Waals surface area contributed by atoms with E-state index in [9.17, 15) is 0 Å². The highest BCUT2D eigenvalue weighted by molar-refractivity contribution is 6.76. The van der Waals surface area contributed by atoms with Gasteiger partial charge in [-0.3, -0.25) is 0 Å². The van der Waals surface area contributed by atoms with Crippen molar-refractivity contribution in [2.75, 3.05) is 31.1 Å². The first-order valence-corrected chi connectivity index (χ1v) is 16.1. The molecule has 34 heavy (non-hydrogen) atoms. The van der Waals surface area contributed by atoms with E-state index in [0.717, 1.165) is 66.0 Å². The number of hydrogen-bond donors (Lipinski definition) is 1. The summed E-state index contributed by atoms with van der Waals surface area (Å²) >= 11 is 0. The maximum absolute atomic E-state index is 6.05. The zero-order valence-corrected chi connectivity index (χ0v) is 22.5.